The van der Waals surface area contributed by atoms with Gasteiger partial charge in [0.2, 0.25) is 0 Å². The Bertz CT molecular complexity index is 116. The van der Waals surface area contributed by atoms with Crippen LogP contribution >= 0.6 is 0 Å². The number of ether oxygens (including phenoxy) is 2. The van der Waals surface area contributed by atoms with Crippen molar-refractivity contribution in [2.75, 3.05) is 14.2 Å². The minimum atomic E-state index is -1.05. The molecule has 1 unspecified atom stereocenters. The van der Waals surface area contributed by atoms with Gasteiger partial charge >= 0.3 is 0 Å². The quantitative estimate of drug-likeness (QED) is 0.413. The normalized spacial score (nSPS) is 16.0. The summed E-state index contributed by atoms with van der Waals surface area (Å²) in [5.41, 5.74) is 5.38. The van der Waals surface area contributed by atoms with Crippen LogP contribution in [-0.2, 0) is 9.47 Å². The van der Waals surface area contributed by atoms with Gasteiger partial charge in [-0.1, -0.05) is 6.58 Å². The van der Waals surface area contributed by atoms with Gasteiger partial charge in [-0.25, -0.2) is 0 Å². The average molecular weight is 147 g/mol. The van der Waals surface area contributed by atoms with Crippen LogP contribution in [0.3, 0.4) is 0 Å². The van der Waals surface area contributed by atoms with Crippen molar-refractivity contribution in [3.05, 3.63) is 12.3 Å². The van der Waals surface area contributed by atoms with Crippen molar-refractivity contribution in [1.82, 2.24) is 0 Å². The number of hydrogen-bond donors (Lipinski definition) is 2. The highest BCUT2D eigenvalue weighted by Crippen LogP contribution is 2.02. The zero-order valence-corrected chi connectivity index (χ0v) is 6.20. The lowest BCUT2D eigenvalue weighted by Gasteiger charge is -2.17. The first kappa shape index (κ1) is 9.42. The molecular formula is C6H13NO3. The van der Waals surface area contributed by atoms with Crippen molar-refractivity contribution >= 4 is 0 Å². The standard InChI is InChI=1S/C6H13NO3/c1-4(9-2)5(7)6(8)10-3/h5-6,8H,1,7H2,2-3H3/t5-,6?/m0/s1. The van der Waals surface area contributed by atoms with Gasteiger partial charge in [0.1, 0.15) is 11.8 Å². The van der Waals surface area contributed by atoms with Crippen LogP contribution < -0.4 is 5.73 Å². The Hall–Kier alpha value is -0.580. The summed E-state index contributed by atoms with van der Waals surface area (Å²) in [5, 5.41) is 8.94. The maximum atomic E-state index is 8.94. The van der Waals surface area contributed by atoms with Crippen molar-refractivity contribution < 1.29 is 14.6 Å². The van der Waals surface area contributed by atoms with Crippen LogP contribution in [0, 0.1) is 0 Å². The molecule has 0 fully saturated rings. The highest BCUT2D eigenvalue weighted by Gasteiger charge is 2.16. The summed E-state index contributed by atoms with van der Waals surface area (Å²) in [4.78, 5) is 0. The lowest BCUT2D eigenvalue weighted by atomic mass is 10.3. The van der Waals surface area contributed by atoms with Gasteiger partial charge in [-0.15, -0.1) is 0 Å². The number of aliphatic hydroxyl groups is 1. The molecule has 0 aliphatic heterocycles. The summed E-state index contributed by atoms with van der Waals surface area (Å²) in [6, 6.07) is -0.685. The summed E-state index contributed by atoms with van der Waals surface area (Å²) >= 11 is 0. The van der Waals surface area contributed by atoms with E-state index >= 15 is 0 Å². The fraction of sp³-hybridized carbons (Fsp3) is 0.667. The van der Waals surface area contributed by atoms with Gasteiger partial charge in [0, 0.05) is 7.11 Å². The molecule has 0 radical (unpaired) electrons. The van der Waals surface area contributed by atoms with Crippen LogP contribution in [0.4, 0.5) is 0 Å². The number of hydrogen-bond acceptors (Lipinski definition) is 4. The Kier molecular flexibility index (Phi) is 4.02. The van der Waals surface area contributed by atoms with Crippen LogP contribution in [-0.4, -0.2) is 31.7 Å². The summed E-state index contributed by atoms with van der Waals surface area (Å²) < 4.78 is 9.20. The van der Waals surface area contributed by atoms with E-state index in [0.717, 1.165) is 0 Å². The van der Waals surface area contributed by atoms with Crippen LogP contribution in [0.15, 0.2) is 12.3 Å². The van der Waals surface area contributed by atoms with Gasteiger partial charge in [-0.2, -0.15) is 0 Å². The second-order valence-electron chi connectivity index (χ2n) is 1.82. The fourth-order valence-corrected chi connectivity index (χ4v) is 0.442. The molecule has 0 aromatic carbocycles. The summed E-state index contributed by atoms with van der Waals surface area (Å²) in [5.74, 6) is 0.300. The molecule has 0 aromatic heterocycles. The molecule has 0 bridgehead atoms. The third kappa shape index (κ3) is 2.34. The van der Waals surface area contributed by atoms with E-state index in [-0.39, 0.29) is 0 Å². The summed E-state index contributed by atoms with van der Waals surface area (Å²) in [6.07, 6.45) is -1.05. The fourth-order valence-electron chi connectivity index (χ4n) is 0.442. The molecule has 0 amide bonds. The van der Waals surface area contributed by atoms with Crippen LogP contribution in [0.2, 0.25) is 0 Å². The predicted octanol–water partition coefficient (Wildman–Crippen LogP) is -0.561. The lowest BCUT2D eigenvalue weighted by molar-refractivity contribution is -0.0891. The second-order valence-corrected chi connectivity index (χ2v) is 1.82. The number of nitrogens with two attached hydrogens (primary N) is 1. The molecule has 0 aliphatic carbocycles. The molecule has 10 heavy (non-hydrogen) atoms. The topological polar surface area (TPSA) is 64.7 Å². The van der Waals surface area contributed by atoms with Gasteiger partial charge in [-0.3, -0.25) is 0 Å². The molecule has 0 heterocycles. The van der Waals surface area contributed by atoms with Gasteiger partial charge in [0.05, 0.1) is 7.11 Å². The Balaban J connectivity index is 3.81. The Morgan fingerprint density at radius 2 is 2.10 bits per heavy atom. The van der Waals surface area contributed by atoms with Gasteiger partial charge < -0.3 is 20.3 Å². The largest absolute Gasteiger partial charge is 0.500 e. The summed E-state index contributed by atoms with van der Waals surface area (Å²) in [7, 11) is 2.79. The third-order valence-electron chi connectivity index (χ3n) is 1.18. The van der Waals surface area contributed by atoms with E-state index in [9.17, 15) is 0 Å². The molecule has 0 saturated carbocycles. The van der Waals surface area contributed by atoms with Crippen LogP contribution in [0.1, 0.15) is 0 Å². The van der Waals surface area contributed by atoms with E-state index < -0.39 is 12.3 Å². The Morgan fingerprint density at radius 3 is 2.40 bits per heavy atom. The monoisotopic (exact) mass is 147 g/mol. The summed E-state index contributed by atoms with van der Waals surface area (Å²) in [6.45, 7) is 3.45. The maximum absolute atomic E-state index is 8.94. The van der Waals surface area contributed by atoms with E-state index in [1.165, 1.54) is 14.2 Å². The molecule has 60 valence electrons. The number of methoxy groups -OCH3 is 2. The maximum Gasteiger partial charge on any atom is 0.176 e. The molecule has 3 N–H and O–H groups in total. The minimum Gasteiger partial charge on any atom is -0.500 e. The van der Waals surface area contributed by atoms with Gasteiger partial charge in [0.25, 0.3) is 0 Å². The second kappa shape index (κ2) is 4.27. The molecule has 4 heteroatoms. The van der Waals surface area contributed by atoms with Crippen molar-refractivity contribution in [3.8, 4) is 0 Å². The van der Waals surface area contributed by atoms with E-state index in [1.54, 1.807) is 0 Å². The first-order chi connectivity index (χ1) is 4.63. The zero-order chi connectivity index (χ0) is 8.15. The molecule has 0 rings (SSSR count). The van der Waals surface area contributed by atoms with Crippen molar-refractivity contribution in [1.29, 1.82) is 0 Å². The minimum absolute atomic E-state index is 0.300. The molecule has 0 aliphatic rings. The van der Waals surface area contributed by atoms with E-state index in [4.69, 9.17) is 10.8 Å². The van der Waals surface area contributed by atoms with Gasteiger partial charge in [0.15, 0.2) is 6.29 Å². The smallest absolute Gasteiger partial charge is 0.176 e. The van der Waals surface area contributed by atoms with Crippen molar-refractivity contribution in [2.24, 2.45) is 5.73 Å². The molecule has 0 saturated heterocycles. The van der Waals surface area contributed by atoms with Gasteiger partial charge in [-0.05, 0) is 0 Å². The number of rotatable bonds is 4. The van der Waals surface area contributed by atoms with E-state index in [1.807, 2.05) is 0 Å². The van der Waals surface area contributed by atoms with Crippen LogP contribution in [0.5, 0.6) is 0 Å². The SMILES string of the molecule is C=C(OC)[C@H](N)C(O)OC. The van der Waals surface area contributed by atoms with E-state index in [0.29, 0.717) is 5.76 Å². The molecule has 2 atom stereocenters. The lowest BCUT2D eigenvalue weighted by Crippen LogP contribution is -2.37. The highest BCUT2D eigenvalue weighted by molar-refractivity contribution is 4.95. The first-order valence-electron chi connectivity index (χ1n) is 2.82. The molecule has 4 nitrogen and oxygen atoms in total. The predicted molar refractivity (Wildman–Crippen MR) is 37.1 cm³/mol. The Morgan fingerprint density at radius 1 is 1.60 bits per heavy atom. The van der Waals surface area contributed by atoms with Crippen molar-refractivity contribution in [3.63, 3.8) is 0 Å². The zero-order valence-electron chi connectivity index (χ0n) is 6.20. The van der Waals surface area contributed by atoms with E-state index in [2.05, 4.69) is 16.1 Å². The molecule has 0 spiro atoms. The Labute approximate surface area is 60.2 Å². The van der Waals surface area contributed by atoms with Crippen molar-refractivity contribution in [2.45, 2.75) is 12.3 Å². The third-order valence-corrected chi connectivity index (χ3v) is 1.18. The van der Waals surface area contributed by atoms with Crippen LogP contribution in [0.25, 0.3) is 0 Å². The number of aliphatic hydroxyl groups excluding tert-OH is 1. The first-order valence-corrected chi connectivity index (χ1v) is 2.82. The highest BCUT2D eigenvalue weighted by atomic mass is 16.6. The molecular weight excluding hydrogens is 134 g/mol. The average Bonchev–Trinajstić information content (AvgIpc) is 2.00. The molecule has 0 aromatic rings.